The second kappa shape index (κ2) is 9.42. The number of carboxylic acids is 1. The molecule has 0 aromatic heterocycles. The van der Waals surface area contributed by atoms with E-state index in [-0.39, 0.29) is 5.56 Å². The number of nitrogens with zero attached hydrogens (tertiary/aromatic N) is 1. The molecule has 1 unspecified atom stereocenters. The SMILES string of the molecule is CSCCC(NC(=O)c1ccccc1Cl)C(=O)N(C)CC(=O)O. The van der Waals surface area contributed by atoms with E-state index in [1.54, 1.807) is 24.3 Å². The lowest BCUT2D eigenvalue weighted by molar-refractivity contribution is -0.144. The van der Waals surface area contributed by atoms with Gasteiger partial charge in [-0.15, -0.1) is 0 Å². The quantitative estimate of drug-likeness (QED) is 0.739. The second-order valence-electron chi connectivity index (χ2n) is 4.88. The van der Waals surface area contributed by atoms with Crippen LogP contribution in [0.25, 0.3) is 0 Å². The summed E-state index contributed by atoms with van der Waals surface area (Å²) in [5.41, 5.74) is 0.275. The van der Waals surface area contributed by atoms with Gasteiger partial charge in [-0.05, 0) is 30.6 Å². The van der Waals surface area contributed by atoms with Crippen molar-refractivity contribution in [2.45, 2.75) is 12.5 Å². The van der Waals surface area contributed by atoms with E-state index in [0.717, 1.165) is 4.90 Å². The summed E-state index contributed by atoms with van der Waals surface area (Å²) in [6.07, 6.45) is 2.29. The van der Waals surface area contributed by atoms with Crippen molar-refractivity contribution in [1.29, 1.82) is 0 Å². The fraction of sp³-hybridized carbons (Fsp3) is 0.400. The van der Waals surface area contributed by atoms with E-state index in [9.17, 15) is 14.4 Å². The van der Waals surface area contributed by atoms with Crippen LogP contribution >= 0.6 is 23.4 Å². The van der Waals surface area contributed by atoms with Crippen molar-refractivity contribution in [3.8, 4) is 0 Å². The minimum atomic E-state index is -1.11. The van der Waals surface area contributed by atoms with E-state index in [1.165, 1.54) is 18.8 Å². The standard InChI is InChI=1S/C15H19ClN2O4S/c1-18(9-13(19)20)15(22)12(7-8-23-2)17-14(21)10-5-3-4-6-11(10)16/h3-6,12H,7-9H2,1-2H3,(H,17,21)(H,19,20). The summed E-state index contributed by atoms with van der Waals surface area (Å²) in [5.74, 6) is -1.36. The lowest BCUT2D eigenvalue weighted by atomic mass is 10.1. The van der Waals surface area contributed by atoms with Crippen molar-refractivity contribution < 1.29 is 19.5 Å². The first kappa shape index (κ1) is 19.3. The van der Waals surface area contributed by atoms with Gasteiger partial charge >= 0.3 is 5.97 Å². The molecule has 1 aromatic carbocycles. The predicted octanol–water partition coefficient (Wildman–Crippen LogP) is 1.73. The van der Waals surface area contributed by atoms with Gasteiger partial charge < -0.3 is 15.3 Å². The van der Waals surface area contributed by atoms with Crippen LogP contribution in [0.3, 0.4) is 0 Å². The average molecular weight is 359 g/mol. The van der Waals surface area contributed by atoms with Gasteiger partial charge in [0.05, 0.1) is 10.6 Å². The fourth-order valence-electron chi connectivity index (χ4n) is 1.92. The Balaban J connectivity index is 2.85. The molecular formula is C15H19ClN2O4S. The number of carboxylic acid groups (broad SMARTS) is 1. The van der Waals surface area contributed by atoms with E-state index in [4.69, 9.17) is 16.7 Å². The number of rotatable bonds is 8. The zero-order chi connectivity index (χ0) is 17.4. The first-order valence-corrected chi connectivity index (χ1v) is 8.65. The normalized spacial score (nSPS) is 11.6. The highest BCUT2D eigenvalue weighted by Gasteiger charge is 2.25. The summed E-state index contributed by atoms with van der Waals surface area (Å²) in [6.45, 7) is -0.420. The van der Waals surface area contributed by atoms with Crippen LogP contribution in [0, 0.1) is 0 Å². The molecule has 0 saturated heterocycles. The molecule has 8 heteroatoms. The molecule has 126 valence electrons. The van der Waals surface area contributed by atoms with Crippen molar-refractivity contribution in [3.05, 3.63) is 34.9 Å². The molecule has 0 heterocycles. The number of hydrogen-bond acceptors (Lipinski definition) is 4. The summed E-state index contributed by atoms with van der Waals surface area (Å²) < 4.78 is 0. The number of nitrogens with one attached hydrogen (secondary N) is 1. The summed E-state index contributed by atoms with van der Waals surface area (Å²) >= 11 is 7.51. The maximum atomic E-state index is 12.3. The van der Waals surface area contributed by atoms with Gasteiger partial charge in [0.15, 0.2) is 0 Å². The highest BCUT2D eigenvalue weighted by Crippen LogP contribution is 2.15. The molecule has 0 aliphatic rings. The fourth-order valence-corrected chi connectivity index (χ4v) is 2.61. The Kier molecular flexibility index (Phi) is 7.91. The zero-order valence-corrected chi connectivity index (χ0v) is 14.5. The Labute approximate surface area is 144 Å². The molecule has 0 saturated carbocycles. The van der Waals surface area contributed by atoms with Crippen LogP contribution in [0.5, 0.6) is 0 Å². The van der Waals surface area contributed by atoms with Gasteiger partial charge in [0.1, 0.15) is 12.6 Å². The number of amides is 2. The first-order chi connectivity index (χ1) is 10.9. The Morgan fingerprint density at radius 2 is 2.00 bits per heavy atom. The van der Waals surface area contributed by atoms with Crippen LogP contribution in [0.15, 0.2) is 24.3 Å². The van der Waals surface area contributed by atoms with E-state index in [2.05, 4.69) is 5.32 Å². The lowest BCUT2D eigenvalue weighted by Gasteiger charge is -2.23. The van der Waals surface area contributed by atoms with Crippen LogP contribution < -0.4 is 5.32 Å². The summed E-state index contributed by atoms with van der Waals surface area (Å²) in [6, 6.07) is 5.74. The Morgan fingerprint density at radius 3 is 2.57 bits per heavy atom. The Bertz CT molecular complexity index is 582. The van der Waals surface area contributed by atoms with E-state index in [0.29, 0.717) is 17.2 Å². The zero-order valence-electron chi connectivity index (χ0n) is 12.9. The van der Waals surface area contributed by atoms with Crippen molar-refractivity contribution in [2.75, 3.05) is 25.6 Å². The number of hydrogen-bond donors (Lipinski definition) is 2. The van der Waals surface area contributed by atoms with Gasteiger partial charge in [0.2, 0.25) is 5.91 Å². The molecule has 2 amide bonds. The van der Waals surface area contributed by atoms with Crippen molar-refractivity contribution in [2.24, 2.45) is 0 Å². The van der Waals surface area contributed by atoms with E-state index < -0.39 is 30.4 Å². The maximum Gasteiger partial charge on any atom is 0.323 e. The first-order valence-electron chi connectivity index (χ1n) is 6.88. The van der Waals surface area contributed by atoms with Crippen LogP contribution in [0.1, 0.15) is 16.8 Å². The highest BCUT2D eigenvalue weighted by molar-refractivity contribution is 7.98. The highest BCUT2D eigenvalue weighted by atomic mass is 35.5. The molecule has 0 bridgehead atoms. The third-order valence-electron chi connectivity index (χ3n) is 3.08. The predicted molar refractivity (Wildman–Crippen MR) is 91.0 cm³/mol. The topological polar surface area (TPSA) is 86.7 Å². The van der Waals surface area contributed by atoms with Gasteiger partial charge in [-0.3, -0.25) is 14.4 Å². The van der Waals surface area contributed by atoms with Gasteiger partial charge in [-0.2, -0.15) is 11.8 Å². The summed E-state index contributed by atoms with van der Waals surface area (Å²) in [5, 5.41) is 11.7. The van der Waals surface area contributed by atoms with Crippen molar-refractivity contribution in [3.63, 3.8) is 0 Å². The second-order valence-corrected chi connectivity index (χ2v) is 6.27. The maximum absolute atomic E-state index is 12.3. The number of benzene rings is 1. The minimum absolute atomic E-state index is 0.275. The van der Waals surface area contributed by atoms with E-state index in [1.807, 2.05) is 6.26 Å². The van der Waals surface area contributed by atoms with Crippen LogP contribution in [0.2, 0.25) is 5.02 Å². The third kappa shape index (κ3) is 6.11. The van der Waals surface area contributed by atoms with Gasteiger partial charge in [0.25, 0.3) is 5.91 Å². The van der Waals surface area contributed by atoms with Crippen molar-refractivity contribution in [1.82, 2.24) is 10.2 Å². The number of halogens is 1. The Morgan fingerprint density at radius 1 is 1.35 bits per heavy atom. The van der Waals surface area contributed by atoms with E-state index >= 15 is 0 Å². The molecule has 6 nitrogen and oxygen atoms in total. The van der Waals surface area contributed by atoms with Gasteiger partial charge in [-0.25, -0.2) is 0 Å². The lowest BCUT2D eigenvalue weighted by Crippen LogP contribution is -2.48. The number of carbonyl (C=O) groups is 3. The number of aliphatic carboxylic acids is 1. The molecule has 1 atom stereocenters. The molecule has 0 aliphatic carbocycles. The molecular weight excluding hydrogens is 340 g/mol. The average Bonchev–Trinajstić information content (AvgIpc) is 2.50. The third-order valence-corrected chi connectivity index (χ3v) is 4.05. The van der Waals surface area contributed by atoms with Crippen LogP contribution in [0.4, 0.5) is 0 Å². The van der Waals surface area contributed by atoms with Gasteiger partial charge in [-0.1, -0.05) is 23.7 Å². The number of carbonyl (C=O) groups excluding carboxylic acids is 2. The smallest absolute Gasteiger partial charge is 0.323 e. The van der Waals surface area contributed by atoms with Crippen LogP contribution in [-0.2, 0) is 9.59 Å². The van der Waals surface area contributed by atoms with Gasteiger partial charge in [0, 0.05) is 7.05 Å². The number of thioether (sulfide) groups is 1. The molecule has 0 spiro atoms. The monoisotopic (exact) mass is 358 g/mol. The summed E-state index contributed by atoms with van der Waals surface area (Å²) in [7, 11) is 1.39. The Hall–Kier alpha value is -1.73. The molecule has 2 N–H and O–H groups in total. The number of likely N-dealkylation sites (N-methyl/N-ethyl adjacent to an activating group) is 1. The molecule has 0 radical (unpaired) electrons. The molecule has 0 fully saturated rings. The minimum Gasteiger partial charge on any atom is -0.480 e. The molecule has 1 rings (SSSR count). The molecule has 1 aromatic rings. The van der Waals surface area contributed by atoms with Crippen molar-refractivity contribution >= 4 is 41.1 Å². The summed E-state index contributed by atoms with van der Waals surface area (Å²) in [4.78, 5) is 36.5. The van der Waals surface area contributed by atoms with Crippen LogP contribution in [-0.4, -0.2) is 59.4 Å². The molecule has 0 aliphatic heterocycles. The molecule has 23 heavy (non-hydrogen) atoms. The largest absolute Gasteiger partial charge is 0.480 e.